The lowest BCUT2D eigenvalue weighted by Gasteiger charge is -2.32. The summed E-state index contributed by atoms with van der Waals surface area (Å²) in [5, 5.41) is 6.71. The Morgan fingerprint density at radius 1 is 1.32 bits per heavy atom. The first kappa shape index (κ1) is 19.5. The summed E-state index contributed by atoms with van der Waals surface area (Å²) in [7, 11) is 0. The Labute approximate surface area is 137 Å². The second-order valence-electron chi connectivity index (χ2n) is 5.57. The van der Waals surface area contributed by atoms with Crippen molar-refractivity contribution in [3.05, 3.63) is 0 Å². The molecule has 1 saturated heterocycles. The highest BCUT2D eigenvalue weighted by Gasteiger charge is 2.21. The number of nitrogens with zero attached hydrogens (tertiary/aromatic N) is 2. The van der Waals surface area contributed by atoms with Gasteiger partial charge in [0.1, 0.15) is 0 Å². The number of piperidine rings is 1. The summed E-state index contributed by atoms with van der Waals surface area (Å²) in [5.41, 5.74) is 0. The number of halogens is 2. The third kappa shape index (κ3) is 8.78. The zero-order valence-corrected chi connectivity index (χ0v) is 14.6. The highest BCUT2D eigenvalue weighted by Crippen LogP contribution is 2.11. The summed E-state index contributed by atoms with van der Waals surface area (Å²) >= 11 is 1.87. The molecule has 0 aromatic rings. The molecule has 0 atom stereocenters. The summed E-state index contributed by atoms with van der Waals surface area (Å²) in [6, 6.07) is 0.331. The van der Waals surface area contributed by atoms with Crippen molar-refractivity contribution in [2.45, 2.75) is 45.1 Å². The molecular formula is C15H30F2N4S. The minimum absolute atomic E-state index is 0.101. The van der Waals surface area contributed by atoms with E-state index in [1.165, 1.54) is 12.2 Å². The standard InChI is InChI=1S/C15H30F2N4S/c1-3-18-15(19-8-4-5-11-22-2)20-13-6-9-21(10-7-13)12-14(16)17/h13-14H,3-12H2,1-2H3,(H2,18,19,20). The zero-order valence-electron chi connectivity index (χ0n) is 13.8. The third-order valence-electron chi connectivity index (χ3n) is 3.70. The van der Waals surface area contributed by atoms with Gasteiger partial charge in [0.25, 0.3) is 6.43 Å². The minimum Gasteiger partial charge on any atom is -0.357 e. The molecule has 130 valence electrons. The quantitative estimate of drug-likeness (QED) is 0.385. The number of nitrogens with one attached hydrogen (secondary N) is 2. The summed E-state index contributed by atoms with van der Waals surface area (Å²) in [5.74, 6) is 2.04. The molecule has 0 aliphatic carbocycles. The molecule has 22 heavy (non-hydrogen) atoms. The van der Waals surface area contributed by atoms with Crippen LogP contribution in [0.25, 0.3) is 0 Å². The van der Waals surface area contributed by atoms with Gasteiger partial charge in [0, 0.05) is 32.2 Å². The molecule has 7 heteroatoms. The molecule has 1 aliphatic heterocycles. The number of rotatable bonds is 9. The number of guanidine groups is 1. The summed E-state index contributed by atoms with van der Waals surface area (Å²) in [6.45, 7) is 5.08. The van der Waals surface area contributed by atoms with Crippen molar-refractivity contribution in [2.75, 3.05) is 44.7 Å². The molecule has 0 spiro atoms. The number of aliphatic imine (C=N–C) groups is 1. The molecule has 0 radical (unpaired) electrons. The molecule has 1 aliphatic rings. The maximum Gasteiger partial charge on any atom is 0.251 e. The summed E-state index contributed by atoms with van der Waals surface area (Å²) < 4.78 is 24.7. The molecule has 0 aromatic heterocycles. The fraction of sp³-hybridized carbons (Fsp3) is 0.933. The predicted molar refractivity (Wildman–Crippen MR) is 92.2 cm³/mol. The Kier molecular flexibility index (Phi) is 10.6. The smallest absolute Gasteiger partial charge is 0.251 e. The van der Waals surface area contributed by atoms with E-state index in [9.17, 15) is 8.78 Å². The number of hydrogen-bond acceptors (Lipinski definition) is 3. The lowest BCUT2D eigenvalue weighted by atomic mass is 10.1. The van der Waals surface area contributed by atoms with E-state index >= 15 is 0 Å². The lowest BCUT2D eigenvalue weighted by molar-refractivity contribution is 0.0744. The van der Waals surface area contributed by atoms with E-state index in [2.05, 4.69) is 28.8 Å². The monoisotopic (exact) mass is 336 g/mol. The molecular weight excluding hydrogens is 306 g/mol. The van der Waals surface area contributed by atoms with Gasteiger partial charge in [-0.3, -0.25) is 9.89 Å². The van der Waals surface area contributed by atoms with Gasteiger partial charge in [-0.1, -0.05) is 0 Å². The molecule has 1 heterocycles. The van der Waals surface area contributed by atoms with Gasteiger partial charge in [-0.05, 0) is 44.6 Å². The van der Waals surface area contributed by atoms with E-state index in [0.29, 0.717) is 6.04 Å². The van der Waals surface area contributed by atoms with Crippen molar-refractivity contribution >= 4 is 17.7 Å². The SMILES string of the molecule is CCNC(=NCCCCSC)NC1CCN(CC(F)F)CC1. The molecule has 2 N–H and O–H groups in total. The molecule has 1 fully saturated rings. The van der Waals surface area contributed by atoms with Crippen LogP contribution in [-0.2, 0) is 0 Å². The van der Waals surface area contributed by atoms with Crippen molar-refractivity contribution in [2.24, 2.45) is 4.99 Å². The largest absolute Gasteiger partial charge is 0.357 e. The summed E-state index contributed by atoms with van der Waals surface area (Å²) in [6.07, 6.45) is 3.97. The van der Waals surface area contributed by atoms with Crippen molar-refractivity contribution in [1.82, 2.24) is 15.5 Å². The molecule has 0 bridgehead atoms. The van der Waals surface area contributed by atoms with Crippen molar-refractivity contribution in [1.29, 1.82) is 0 Å². The molecule has 0 saturated carbocycles. The maximum absolute atomic E-state index is 12.4. The maximum atomic E-state index is 12.4. The van der Waals surface area contributed by atoms with Crippen LogP contribution in [0.1, 0.15) is 32.6 Å². The van der Waals surface area contributed by atoms with Crippen LogP contribution in [0.5, 0.6) is 0 Å². The Hall–Kier alpha value is -0.560. The zero-order chi connectivity index (χ0) is 16.2. The van der Waals surface area contributed by atoms with Crippen LogP contribution < -0.4 is 10.6 Å². The number of hydrogen-bond donors (Lipinski definition) is 2. The number of likely N-dealkylation sites (tertiary alicyclic amines) is 1. The first-order chi connectivity index (χ1) is 10.7. The van der Waals surface area contributed by atoms with Crippen LogP contribution in [0, 0.1) is 0 Å². The number of unbranched alkanes of at least 4 members (excludes halogenated alkanes) is 1. The predicted octanol–water partition coefficient (Wildman–Crippen LogP) is 2.41. The second kappa shape index (κ2) is 11.9. The second-order valence-corrected chi connectivity index (χ2v) is 6.56. The van der Waals surface area contributed by atoms with Crippen LogP contribution in [0.3, 0.4) is 0 Å². The van der Waals surface area contributed by atoms with Crippen molar-refractivity contribution in [3.63, 3.8) is 0 Å². The fourth-order valence-electron chi connectivity index (χ4n) is 2.52. The van der Waals surface area contributed by atoms with Gasteiger partial charge in [0.15, 0.2) is 5.96 Å². The highest BCUT2D eigenvalue weighted by atomic mass is 32.2. The van der Waals surface area contributed by atoms with E-state index in [1.807, 2.05) is 16.7 Å². The average molecular weight is 336 g/mol. The molecule has 0 amide bonds. The van der Waals surface area contributed by atoms with Crippen LogP contribution in [0.2, 0.25) is 0 Å². The Bertz CT molecular complexity index is 308. The molecule has 1 rings (SSSR count). The van der Waals surface area contributed by atoms with Gasteiger partial charge < -0.3 is 10.6 Å². The molecule has 0 unspecified atom stereocenters. The van der Waals surface area contributed by atoms with Gasteiger partial charge in [-0.25, -0.2) is 8.78 Å². The molecule has 4 nitrogen and oxygen atoms in total. The Morgan fingerprint density at radius 2 is 2.05 bits per heavy atom. The highest BCUT2D eigenvalue weighted by molar-refractivity contribution is 7.98. The average Bonchev–Trinajstić information content (AvgIpc) is 2.48. The van der Waals surface area contributed by atoms with E-state index in [1.54, 1.807) is 0 Å². The van der Waals surface area contributed by atoms with Crippen LogP contribution in [0.4, 0.5) is 8.78 Å². The van der Waals surface area contributed by atoms with Crippen LogP contribution in [-0.4, -0.2) is 68.1 Å². The van der Waals surface area contributed by atoms with E-state index in [0.717, 1.165) is 51.4 Å². The van der Waals surface area contributed by atoms with E-state index in [4.69, 9.17) is 0 Å². The van der Waals surface area contributed by atoms with Gasteiger partial charge in [0.05, 0.1) is 6.54 Å². The normalized spacial score (nSPS) is 18.0. The fourth-order valence-corrected chi connectivity index (χ4v) is 3.01. The van der Waals surface area contributed by atoms with E-state index < -0.39 is 6.43 Å². The van der Waals surface area contributed by atoms with Gasteiger partial charge >= 0.3 is 0 Å². The van der Waals surface area contributed by atoms with Crippen LogP contribution in [0.15, 0.2) is 4.99 Å². The van der Waals surface area contributed by atoms with Gasteiger partial charge in [0.2, 0.25) is 0 Å². The van der Waals surface area contributed by atoms with Gasteiger partial charge in [-0.2, -0.15) is 11.8 Å². The lowest BCUT2D eigenvalue weighted by Crippen LogP contribution is -2.49. The first-order valence-electron chi connectivity index (χ1n) is 8.20. The summed E-state index contributed by atoms with van der Waals surface area (Å²) in [4.78, 5) is 6.44. The van der Waals surface area contributed by atoms with Gasteiger partial charge in [-0.15, -0.1) is 0 Å². The van der Waals surface area contributed by atoms with Crippen molar-refractivity contribution < 1.29 is 8.78 Å². The Morgan fingerprint density at radius 3 is 2.64 bits per heavy atom. The third-order valence-corrected chi connectivity index (χ3v) is 4.39. The topological polar surface area (TPSA) is 39.7 Å². The Balaban J connectivity index is 2.29. The minimum atomic E-state index is -2.23. The number of alkyl halides is 2. The van der Waals surface area contributed by atoms with Crippen molar-refractivity contribution in [3.8, 4) is 0 Å². The van der Waals surface area contributed by atoms with E-state index in [-0.39, 0.29) is 6.54 Å². The molecule has 0 aromatic carbocycles. The first-order valence-corrected chi connectivity index (χ1v) is 9.59. The van der Waals surface area contributed by atoms with Crippen LogP contribution >= 0.6 is 11.8 Å². The number of thioether (sulfide) groups is 1.